The fourth-order valence-electron chi connectivity index (χ4n) is 3.57. The van der Waals surface area contributed by atoms with Gasteiger partial charge in [-0.2, -0.15) is 0 Å². The molecule has 132 valence electrons. The zero-order valence-corrected chi connectivity index (χ0v) is 15.5. The Balaban J connectivity index is 2.15. The number of aryl methyl sites for hydroxylation is 1. The number of piperidine rings is 1. The number of aromatic nitrogens is 1. The minimum absolute atomic E-state index is 0.242. The fraction of sp³-hybridized carbons (Fsp3) is 0.368. The van der Waals surface area contributed by atoms with Crippen molar-refractivity contribution in [2.75, 3.05) is 6.54 Å². The van der Waals surface area contributed by atoms with Crippen molar-refractivity contribution < 1.29 is 9.90 Å². The number of halogens is 2. The van der Waals surface area contributed by atoms with Crippen LogP contribution >= 0.6 is 23.2 Å². The molecule has 0 saturated carbocycles. The first-order valence-electron chi connectivity index (χ1n) is 8.33. The van der Waals surface area contributed by atoms with Crippen LogP contribution in [0, 0.1) is 6.92 Å². The van der Waals surface area contributed by atoms with Gasteiger partial charge in [-0.3, -0.25) is 14.7 Å². The Morgan fingerprint density at radius 3 is 2.76 bits per heavy atom. The molecular formula is C19H20Cl2N2O2. The van der Waals surface area contributed by atoms with Gasteiger partial charge >= 0.3 is 5.97 Å². The van der Waals surface area contributed by atoms with Gasteiger partial charge < -0.3 is 5.11 Å². The van der Waals surface area contributed by atoms with E-state index in [4.69, 9.17) is 23.2 Å². The SMILES string of the molecule is Cc1cnccc1C(c1ccc(Cl)cc1Cl)N1CCCCC1C(=O)O. The molecule has 0 spiro atoms. The highest BCUT2D eigenvalue weighted by Gasteiger charge is 2.36. The first-order chi connectivity index (χ1) is 12.0. The van der Waals surface area contributed by atoms with Crippen LogP contribution in [0.2, 0.25) is 10.0 Å². The van der Waals surface area contributed by atoms with E-state index in [9.17, 15) is 9.90 Å². The van der Waals surface area contributed by atoms with E-state index in [1.54, 1.807) is 24.5 Å². The van der Waals surface area contributed by atoms with Crippen LogP contribution in [-0.2, 0) is 4.79 Å². The summed E-state index contributed by atoms with van der Waals surface area (Å²) in [5.41, 5.74) is 2.90. The lowest BCUT2D eigenvalue weighted by Crippen LogP contribution is -2.47. The van der Waals surface area contributed by atoms with Gasteiger partial charge in [0.1, 0.15) is 6.04 Å². The van der Waals surface area contributed by atoms with Crippen LogP contribution < -0.4 is 0 Å². The van der Waals surface area contributed by atoms with Gasteiger partial charge in [0, 0.05) is 22.4 Å². The number of hydrogen-bond donors (Lipinski definition) is 1. The number of carbonyl (C=O) groups is 1. The molecular weight excluding hydrogens is 359 g/mol. The van der Waals surface area contributed by atoms with E-state index in [0.29, 0.717) is 23.0 Å². The predicted molar refractivity (Wildman–Crippen MR) is 99.3 cm³/mol. The molecule has 2 atom stereocenters. The summed E-state index contributed by atoms with van der Waals surface area (Å²) in [6.45, 7) is 2.70. The Hall–Kier alpha value is -1.62. The second-order valence-corrected chi connectivity index (χ2v) is 7.23. The highest BCUT2D eigenvalue weighted by Crippen LogP contribution is 2.39. The molecule has 3 rings (SSSR count). The molecule has 1 aromatic heterocycles. The van der Waals surface area contributed by atoms with Gasteiger partial charge in [-0.1, -0.05) is 35.7 Å². The van der Waals surface area contributed by atoms with E-state index in [-0.39, 0.29) is 6.04 Å². The van der Waals surface area contributed by atoms with E-state index in [2.05, 4.69) is 4.98 Å². The highest BCUT2D eigenvalue weighted by molar-refractivity contribution is 6.35. The predicted octanol–water partition coefficient (Wildman–Crippen LogP) is 4.73. The summed E-state index contributed by atoms with van der Waals surface area (Å²) >= 11 is 12.6. The molecule has 0 radical (unpaired) electrons. The summed E-state index contributed by atoms with van der Waals surface area (Å²) in [5.74, 6) is -0.790. The number of rotatable bonds is 4. The first kappa shape index (κ1) is 18.2. The van der Waals surface area contributed by atoms with Gasteiger partial charge in [0.15, 0.2) is 0 Å². The van der Waals surface area contributed by atoms with Crippen molar-refractivity contribution in [3.63, 3.8) is 0 Å². The number of hydrogen-bond acceptors (Lipinski definition) is 3. The van der Waals surface area contributed by atoms with E-state index in [1.165, 1.54) is 0 Å². The highest BCUT2D eigenvalue weighted by atomic mass is 35.5. The van der Waals surface area contributed by atoms with Crippen molar-refractivity contribution in [1.82, 2.24) is 9.88 Å². The summed E-state index contributed by atoms with van der Waals surface area (Å²) in [4.78, 5) is 18.1. The molecule has 2 aromatic rings. The number of carboxylic acids is 1. The molecule has 0 aliphatic carbocycles. The largest absolute Gasteiger partial charge is 0.480 e. The van der Waals surface area contributed by atoms with E-state index in [0.717, 1.165) is 29.5 Å². The van der Waals surface area contributed by atoms with Crippen molar-refractivity contribution in [2.45, 2.75) is 38.3 Å². The molecule has 2 heterocycles. The Kier molecular flexibility index (Phi) is 5.62. The van der Waals surface area contributed by atoms with Crippen molar-refractivity contribution in [2.24, 2.45) is 0 Å². The normalized spacial score (nSPS) is 19.6. The van der Waals surface area contributed by atoms with Crippen molar-refractivity contribution >= 4 is 29.2 Å². The van der Waals surface area contributed by atoms with E-state index in [1.807, 2.05) is 24.0 Å². The van der Waals surface area contributed by atoms with Crippen LogP contribution in [0.1, 0.15) is 42.0 Å². The Labute approximate surface area is 157 Å². The smallest absolute Gasteiger partial charge is 0.320 e. The van der Waals surface area contributed by atoms with E-state index < -0.39 is 12.0 Å². The molecule has 0 amide bonds. The lowest BCUT2D eigenvalue weighted by Gasteiger charge is -2.40. The van der Waals surface area contributed by atoms with Crippen LogP contribution in [0.4, 0.5) is 0 Å². The third-order valence-electron chi connectivity index (χ3n) is 4.78. The van der Waals surface area contributed by atoms with Crippen LogP contribution in [0.5, 0.6) is 0 Å². The average Bonchev–Trinajstić information content (AvgIpc) is 2.59. The molecule has 2 unspecified atom stereocenters. The van der Waals surface area contributed by atoms with Crippen LogP contribution in [-0.4, -0.2) is 33.5 Å². The molecule has 1 aromatic carbocycles. The van der Waals surface area contributed by atoms with Crippen LogP contribution in [0.3, 0.4) is 0 Å². The minimum atomic E-state index is -0.790. The summed E-state index contributed by atoms with van der Waals surface area (Å²) in [5, 5.41) is 10.8. The number of benzene rings is 1. The minimum Gasteiger partial charge on any atom is -0.480 e. The maximum absolute atomic E-state index is 11.8. The molecule has 1 aliphatic heterocycles. The Bertz CT molecular complexity index is 782. The zero-order valence-electron chi connectivity index (χ0n) is 14.0. The van der Waals surface area contributed by atoms with Gasteiger partial charge in [0.05, 0.1) is 6.04 Å². The molecule has 1 N–H and O–H groups in total. The molecule has 4 nitrogen and oxygen atoms in total. The van der Waals surface area contributed by atoms with Gasteiger partial charge in [0.25, 0.3) is 0 Å². The molecule has 6 heteroatoms. The monoisotopic (exact) mass is 378 g/mol. The fourth-order valence-corrected chi connectivity index (χ4v) is 4.08. The third kappa shape index (κ3) is 3.81. The number of nitrogens with zero attached hydrogens (tertiary/aromatic N) is 2. The van der Waals surface area contributed by atoms with Crippen molar-refractivity contribution in [1.29, 1.82) is 0 Å². The summed E-state index contributed by atoms with van der Waals surface area (Å²) < 4.78 is 0. The number of carboxylic acid groups (broad SMARTS) is 1. The number of pyridine rings is 1. The molecule has 1 saturated heterocycles. The molecule has 1 fully saturated rings. The second kappa shape index (κ2) is 7.73. The van der Waals surface area contributed by atoms with Gasteiger partial charge in [-0.25, -0.2) is 0 Å². The second-order valence-electron chi connectivity index (χ2n) is 6.39. The topological polar surface area (TPSA) is 53.4 Å². The van der Waals surface area contributed by atoms with Crippen molar-refractivity contribution in [3.05, 3.63) is 63.4 Å². The summed E-state index contributed by atoms with van der Waals surface area (Å²) in [7, 11) is 0. The molecule has 0 bridgehead atoms. The lowest BCUT2D eigenvalue weighted by atomic mass is 9.90. The summed E-state index contributed by atoms with van der Waals surface area (Å²) in [6.07, 6.45) is 6.06. The molecule has 25 heavy (non-hydrogen) atoms. The van der Waals surface area contributed by atoms with Crippen molar-refractivity contribution in [3.8, 4) is 0 Å². The first-order valence-corrected chi connectivity index (χ1v) is 9.08. The Morgan fingerprint density at radius 2 is 2.08 bits per heavy atom. The zero-order chi connectivity index (χ0) is 18.0. The van der Waals surface area contributed by atoms with Crippen LogP contribution in [0.15, 0.2) is 36.7 Å². The molecule has 1 aliphatic rings. The Morgan fingerprint density at radius 1 is 1.28 bits per heavy atom. The van der Waals surface area contributed by atoms with Crippen LogP contribution in [0.25, 0.3) is 0 Å². The third-order valence-corrected chi connectivity index (χ3v) is 5.34. The van der Waals surface area contributed by atoms with Gasteiger partial charge in [-0.15, -0.1) is 0 Å². The summed E-state index contributed by atoms with van der Waals surface area (Å²) in [6, 6.07) is 6.57. The number of likely N-dealkylation sites (tertiary alicyclic amines) is 1. The van der Waals surface area contributed by atoms with Gasteiger partial charge in [-0.05, 0) is 61.2 Å². The quantitative estimate of drug-likeness (QED) is 0.835. The van der Waals surface area contributed by atoms with E-state index >= 15 is 0 Å². The standard InChI is InChI=1S/C19H20Cl2N2O2/c1-12-11-22-8-7-14(12)18(15-6-5-13(20)10-16(15)21)23-9-3-2-4-17(23)19(24)25/h5-8,10-11,17-18H,2-4,9H2,1H3,(H,24,25). The maximum atomic E-state index is 11.8. The maximum Gasteiger partial charge on any atom is 0.320 e. The average molecular weight is 379 g/mol. The van der Waals surface area contributed by atoms with Gasteiger partial charge in [0.2, 0.25) is 0 Å². The lowest BCUT2D eigenvalue weighted by molar-refractivity contribution is -0.145. The number of aliphatic carboxylic acids is 1.